The molecule has 0 saturated carbocycles. The Balaban J connectivity index is 0.00000261. The van der Waals surface area contributed by atoms with Crippen LogP contribution >= 0.6 is 12.4 Å². The molecule has 0 bridgehead atoms. The number of aromatic nitrogens is 4. The summed E-state index contributed by atoms with van der Waals surface area (Å²) in [6.45, 7) is 7.24. The Hall–Kier alpha value is -1.77. The van der Waals surface area contributed by atoms with Crippen LogP contribution < -0.4 is 10.6 Å². The number of ether oxygens (including phenoxy) is 1. The highest BCUT2D eigenvalue weighted by atomic mass is 35.5. The predicted molar refractivity (Wildman–Crippen MR) is 105 cm³/mol. The van der Waals surface area contributed by atoms with Gasteiger partial charge in [0.15, 0.2) is 0 Å². The molecule has 9 heteroatoms. The molecule has 2 aromatic heterocycles. The number of amides is 1. The number of nitrogens with zero attached hydrogens (tertiary/aromatic N) is 4. The minimum absolute atomic E-state index is 0. The van der Waals surface area contributed by atoms with Gasteiger partial charge in [0.1, 0.15) is 6.33 Å². The molecule has 0 atom stereocenters. The predicted octanol–water partition coefficient (Wildman–Crippen LogP) is 1.23. The average molecular weight is 397 g/mol. The van der Waals surface area contributed by atoms with Crippen molar-refractivity contribution in [3.05, 3.63) is 23.3 Å². The molecule has 0 radical (unpaired) electrons. The van der Waals surface area contributed by atoms with Gasteiger partial charge in [-0.2, -0.15) is 10.1 Å². The van der Waals surface area contributed by atoms with Crippen LogP contribution in [0.5, 0.6) is 0 Å². The minimum atomic E-state index is 0. The Kier molecular flexibility index (Phi) is 7.52. The van der Waals surface area contributed by atoms with E-state index >= 15 is 0 Å². The Bertz CT molecular complexity index is 767. The van der Waals surface area contributed by atoms with Crippen LogP contribution in [0.2, 0.25) is 0 Å². The molecule has 0 aromatic carbocycles. The number of methoxy groups -OCH3 is 1. The van der Waals surface area contributed by atoms with Gasteiger partial charge < -0.3 is 15.4 Å². The van der Waals surface area contributed by atoms with Gasteiger partial charge in [-0.05, 0) is 51.8 Å². The van der Waals surface area contributed by atoms with Crippen molar-refractivity contribution in [2.45, 2.75) is 39.5 Å². The van der Waals surface area contributed by atoms with Crippen LogP contribution in [0.25, 0.3) is 5.78 Å². The molecule has 8 nitrogen and oxygen atoms in total. The molecule has 1 saturated heterocycles. The van der Waals surface area contributed by atoms with Gasteiger partial charge in [0.2, 0.25) is 5.91 Å². The number of aryl methyl sites for hydroxylation is 2. The molecule has 1 aliphatic rings. The summed E-state index contributed by atoms with van der Waals surface area (Å²) in [5.74, 6) is 0.664. The molecule has 3 heterocycles. The number of hydrogen-bond donors (Lipinski definition) is 2. The number of piperidine rings is 1. The molecular weight excluding hydrogens is 368 g/mol. The Morgan fingerprint density at radius 2 is 2.11 bits per heavy atom. The molecule has 1 aliphatic heterocycles. The van der Waals surface area contributed by atoms with Crippen LogP contribution in [-0.4, -0.2) is 58.8 Å². The van der Waals surface area contributed by atoms with Crippen LogP contribution in [0.3, 0.4) is 0 Å². The minimum Gasteiger partial charge on any atom is -0.384 e. The second kappa shape index (κ2) is 9.43. The maximum absolute atomic E-state index is 12.4. The van der Waals surface area contributed by atoms with Gasteiger partial charge in [0.25, 0.3) is 5.78 Å². The first-order chi connectivity index (χ1) is 12.5. The summed E-state index contributed by atoms with van der Waals surface area (Å²) in [7, 11) is 1.73. The molecule has 0 aliphatic carbocycles. The van der Waals surface area contributed by atoms with Gasteiger partial charge in [-0.3, -0.25) is 4.79 Å². The number of rotatable bonds is 7. The molecule has 27 heavy (non-hydrogen) atoms. The molecule has 150 valence electrons. The first-order valence-corrected chi connectivity index (χ1v) is 9.17. The van der Waals surface area contributed by atoms with Crippen LogP contribution in [0.1, 0.15) is 36.2 Å². The zero-order valence-corrected chi connectivity index (χ0v) is 17.1. The van der Waals surface area contributed by atoms with E-state index in [0.717, 1.165) is 42.9 Å². The van der Waals surface area contributed by atoms with E-state index < -0.39 is 0 Å². The van der Waals surface area contributed by atoms with Crippen molar-refractivity contribution in [3.63, 3.8) is 0 Å². The van der Waals surface area contributed by atoms with E-state index in [9.17, 15) is 4.79 Å². The molecular formula is C18H29ClN6O2. The Morgan fingerprint density at radius 3 is 2.81 bits per heavy atom. The summed E-state index contributed by atoms with van der Waals surface area (Å²) in [6.07, 6.45) is 4.62. The van der Waals surface area contributed by atoms with Crippen molar-refractivity contribution < 1.29 is 9.53 Å². The lowest BCUT2D eigenvalue weighted by Gasteiger charge is -2.37. The topological polar surface area (TPSA) is 93.4 Å². The fraction of sp³-hybridized carbons (Fsp3) is 0.667. The second-order valence-corrected chi connectivity index (χ2v) is 7.19. The van der Waals surface area contributed by atoms with Crippen LogP contribution in [0.15, 0.2) is 6.33 Å². The van der Waals surface area contributed by atoms with Crippen molar-refractivity contribution in [2.75, 3.05) is 33.4 Å². The molecule has 0 spiro atoms. The van der Waals surface area contributed by atoms with Gasteiger partial charge >= 0.3 is 0 Å². The number of carbonyl (C=O) groups is 1. The molecule has 1 amide bonds. The standard InChI is InChI=1S/C18H28N6O2.ClH/c1-13-15(14(2)24-17(23-13)21-12-22-24)4-5-16(25)20-10-18(11-26-3)6-8-19-9-7-18;/h12,19H,4-11H2,1-3H3,(H,20,25);1H. The van der Waals surface area contributed by atoms with Crippen molar-refractivity contribution in [3.8, 4) is 0 Å². The molecule has 1 fully saturated rings. The first-order valence-electron chi connectivity index (χ1n) is 9.17. The van der Waals surface area contributed by atoms with Crippen molar-refractivity contribution in [2.24, 2.45) is 5.41 Å². The smallest absolute Gasteiger partial charge is 0.252 e. The fourth-order valence-electron chi connectivity index (χ4n) is 3.77. The third kappa shape index (κ3) is 4.94. The number of nitrogens with one attached hydrogen (secondary N) is 2. The van der Waals surface area contributed by atoms with Gasteiger partial charge in [0.05, 0.1) is 6.61 Å². The van der Waals surface area contributed by atoms with E-state index in [-0.39, 0.29) is 23.7 Å². The molecule has 0 unspecified atom stereocenters. The SMILES string of the molecule is COCC1(CNC(=O)CCc2c(C)nc3ncnn3c2C)CCNCC1.Cl. The monoisotopic (exact) mass is 396 g/mol. The summed E-state index contributed by atoms with van der Waals surface area (Å²) in [5, 5.41) is 10.7. The molecule has 2 aromatic rings. The third-order valence-corrected chi connectivity index (χ3v) is 5.37. The summed E-state index contributed by atoms with van der Waals surface area (Å²) >= 11 is 0. The Labute approximate surface area is 165 Å². The van der Waals surface area contributed by atoms with E-state index in [1.54, 1.807) is 11.6 Å². The largest absolute Gasteiger partial charge is 0.384 e. The average Bonchev–Trinajstić information content (AvgIpc) is 3.09. The number of halogens is 1. The highest BCUT2D eigenvalue weighted by Gasteiger charge is 2.32. The van der Waals surface area contributed by atoms with Crippen molar-refractivity contribution >= 4 is 24.1 Å². The van der Waals surface area contributed by atoms with Crippen LogP contribution in [0.4, 0.5) is 0 Å². The zero-order chi connectivity index (χ0) is 18.6. The van der Waals surface area contributed by atoms with Gasteiger partial charge in [-0.1, -0.05) is 0 Å². The summed E-state index contributed by atoms with van der Waals surface area (Å²) in [4.78, 5) is 21.0. The van der Waals surface area contributed by atoms with Gasteiger partial charge in [-0.15, -0.1) is 12.4 Å². The summed E-state index contributed by atoms with van der Waals surface area (Å²) in [5.41, 5.74) is 3.01. The lowest BCUT2D eigenvalue weighted by atomic mass is 9.79. The number of fused-ring (bicyclic) bond motifs is 1. The van der Waals surface area contributed by atoms with E-state index in [2.05, 4.69) is 25.7 Å². The van der Waals surface area contributed by atoms with Gasteiger partial charge in [-0.25, -0.2) is 9.50 Å². The lowest BCUT2D eigenvalue weighted by molar-refractivity contribution is -0.122. The van der Waals surface area contributed by atoms with Gasteiger partial charge in [0, 0.05) is 36.9 Å². The van der Waals surface area contributed by atoms with E-state index in [0.29, 0.717) is 31.8 Å². The van der Waals surface area contributed by atoms with Crippen LogP contribution in [0, 0.1) is 19.3 Å². The highest BCUT2D eigenvalue weighted by Crippen LogP contribution is 2.28. The van der Waals surface area contributed by atoms with E-state index in [4.69, 9.17) is 4.74 Å². The first kappa shape index (κ1) is 21.5. The number of hydrogen-bond acceptors (Lipinski definition) is 6. The fourth-order valence-corrected chi connectivity index (χ4v) is 3.77. The van der Waals surface area contributed by atoms with E-state index in [1.165, 1.54) is 6.33 Å². The maximum atomic E-state index is 12.4. The van der Waals surface area contributed by atoms with Crippen LogP contribution in [-0.2, 0) is 16.0 Å². The Morgan fingerprint density at radius 1 is 1.37 bits per heavy atom. The molecule has 2 N–H and O–H groups in total. The van der Waals surface area contributed by atoms with Crippen molar-refractivity contribution in [1.29, 1.82) is 0 Å². The number of carbonyl (C=O) groups excluding carboxylic acids is 1. The van der Waals surface area contributed by atoms with Crippen molar-refractivity contribution in [1.82, 2.24) is 30.2 Å². The normalized spacial score (nSPS) is 16.1. The zero-order valence-electron chi connectivity index (χ0n) is 16.2. The highest BCUT2D eigenvalue weighted by molar-refractivity contribution is 5.85. The summed E-state index contributed by atoms with van der Waals surface area (Å²) in [6, 6.07) is 0. The maximum Gasteiger partial charge on any atom is 0.252 e. The quantitative estimate of drug-likeness (QED) is 0.731. The second-order valence-electron chi connectivity index (χ2n) is 7.19. The molecule has 3 rings (SSSR count). The summed E-state index contributed by atoms with van der Waals surface area (Å²) < 4.78 is 7.13. The third-order valence-electron chi connectivity index (χ3n) is 5.37. The van der Waals surface area contributed by atoms with E-state index in [1.807, 2.05) is 13.8 Å². The lowest BCUT2D eigenvalue weighted by Crippen LogP contribution is -2.47.